The van der Waals surface area contributed by atoms with Crippen molar-refractivity contribution in [1.29, 1.82) is 0 Å². The summed E-state index contributed by atoms with van der Waals surface area (Å²) in [5.41, 5.74) is 1.93. The van der Waals surface area contributed by atoms with E-state index in [1.54, 1.807) is 62.6 Å². The Balaban J connectivity index is 1.96. The Bertz CT molecular complexity index is 1560. The lowest BCUT2D eigenvalue weighted by molar-refractivity contribution is 0.443. The summed E-state index contributed by atoms with van der Waals surface area (Å²) < 4.78 is 48.3. The van der Waals surface area contributed by atoms with E-state index in [2.05, 4.69) is 11.3 Å². The highest BCUT2D eigenvalue weighted by Gasteiger charge is 2.17. The molecular weight excluding hydrogens is 443 g/mol. The van der Waals surface area contributed by atoms with Crippen molar-refractivity contribution in [1.82, 2.24) is 4.57 Å². The minimum absolute atomic E-state index is 0.0235. The molecule has 0 spiro atoms. The van der Waals surface area contributed by atoms with Gasteiger partial charge in [0.2, 0.25) is 0 Å². The number of rotatable bonds is 6. The van der Waals surface area contributed by atoms with E-state index in [1.165, 1.54) is 22.8 Å². The van der Waals surface area contributed by atoms with E-state index in [-0.39, 0.29) is 17.0 Å². The van der Waals surface area contributed by atoms with Crippen LogP contribution in [-0.2, 0) is 17.1 Å². The van der Waals surface area contributed by atoms with E-state index in [4.69, 9.17) is 4.74 Å². The smallest absolute Gasteiger partial charge is 0.258 e. The molecule has 1 heterocycles. The molecule has 0 amide bonds. The molecule has 0 bridgehead atoms. The number of aromatic nitrogens is 1. The summed E-state index contributed by atoms with van der Waals surface area (Å²) in [5.74, 6) is -0.207. The molecule has 1 N–H and O–H groups in total. The molecule has 0 saturated carbocycles. The van der Waals surface area contributed by atoms with Crippen LogP contribution in [0.25, 0.3) is 21.9 Å². The lowest BCUT2D eigenvalue weighted by atomic mass is 9.99. The van der Waals surface area contributed by atoms with Gasteiger partial charge < -0.3 is 9.30 Å². The van der Waals surface area contributed by atoms with Gasteiger partial charge in [0, 0.05) is 40.9 Å². The van der Waals surface area contributed by atoms with Crippen LogP contribution in [0.15, 0.2) is 83.6 Å². The largest absolute Gasteiger partial charge is 0.454 e. The lowest BCUT2D eigenvalue weighted by Crippen LogP contribution is -2.16. The van der Waals surface area contributed by atoms with Gasteiger partial charge in [-0.1, -0.05) is 30.8 Å². The summed E-state index contributed by atoms with van der Waals surface area (Å²) in [5, 5.41) is 1.95. The van der Waals surface area contributed by atoms with E-state index in [0.717, 1.165) is 11.0 Å². The first-order chi connectivity index (χ1) is 15.7. The van der Waals surface area contributed by atoms with Crippen LogP contribution in [0.3, 0.4) is 0 Å². The monoisotopic (exact) mass is 464 g/mol. The Kier molecular flexibility index (Phi) is 5.78. The van der Waals surface area contributed by atoms with Gasteiger partial charge in [-0.2, -0.15) is 0 Å². The van der Waals surface area contributed by atoms with Crippen LogP contribution in [0.1, 0.15) is 5.56 Å². The van der Waals surface area contributed by atoms with Crippen molar-refractivity contribution in [2.24, 2.45) is 7.05 Å². The number of anilines is 1. The van der Waals surface area contributed by atoms with Gasteiger partial charge in [-0.05, 0) is 54.3 Å². The zero-order valence-electron chi connectivity index (χ0n) is 18.0. The Morgan fingerprint density at radius 2 is 1.70 bits per heavy atom. The highest BCUT2D eigenvalue weighted by atomic mass is 32.2. The topological polar surface area (TPSA) is 77.4 Å². The second kappa shape index (κ2) is 8.55. The van der Waals surface area contributed by atoms with Gasteiger partial charge in [-0.3, -0.25) is 9.52 Å². The summed E-state index contributed by atoms with van der Waals surface area (Å²) >= 11 is 0. The van der Waals surface area contributed by atoms with Crippen molar-refractivity contribution < 1.29 is 17.5 Å². The molecule has 8 heteroatoms. The zero-order valence-corrected chi connectivity index (χ0v) is 18.8. The van der Waals surface area contributed by atoms with Gasteiger partial charge in [0.05, 0.1) is 0 Å². The Labute approximate surface area is 190 Å². The third-order valence-corrected chi connectivity index (χ3v) is 6.11. The summed E-state index contributed by atoms with van der Waals surface area (Å²) in [6, 6.07) is 16.3. The number of hydrogen-bond acceptors (Lipinski definition) is 4. The molecule has 33 heavy (non-hydrogen) atoms. The summed E-state index contributed by atoms with van der Waals surface area (Å²) in [6.45, 7) is 5.08. The van der Waals surface area contributed by atoms with E-state index in [1.807, 2.05) is 0 Å². The predicted octanol–water partition coefficient (Wildman–Crippen LogP) is 5.33. The van der Waals surface area contributed by atoms with Gasteiger partial charge in [0.1, 0.15) is 5.75 Å². The quantitative estimate of drug-likeness (QED) is 0.418. The van der Waals surface area contributed by atoms with Crippen LogP contribution < -0.4 is 15.0 Å². The van der Waals surface area contributed by atoms with Crippen molar-refractivity contribution >= 4 is 26.5 Å². The molecule has 4 rings (SSSR count). The molecule has 0 radical (unpaired) electrons. The van der Waals surface area contributed by atoms with Gasteiger partial charge in [0.25, 0.3) is 15.6 Å². The number of sulfonamides is 1. The third kappa shape index (κ3) is 4.51. The number of fused-ring (bicyclic) bond motifs is 1. The van der Waals surface area contributed by atoms with Crippen LogP contribution >= 0.6 is 0 Å². The first-order valence-corrected chi connectivity index (χ1v) is 11.6. The molecule has 0 unspecified atom stereocenters. The lowest BCUT2D eigenvalue weighted by Gasteiger charge is -2.16. The number of nitrogens with one attached hydrogen (secondary N) is 1. The predicted molar refractivity (Wildman–Crippen MR) is 129 cm³/mol. The fourth-order valence-electron chi connectivity index (χ4n) is 3.54. The second-order valence-electron chi connectivity index (χ2n) is 7.57. The van der Waals surface area contributed by atoms with Crippen molar-refractivity contribution in [3.05, 3.63) is 101 Å². The van der Waals surface area contributed by atoms with Crippen LogP contribution in [0.4, 0.5) is 10.1 Å². The van der Waals surface area contributed by atoms with Crippen LogP contribution in [-0.4, -0.2) is 13.0 Å². The maximum atomic E-state index is 14.5. The molecule has 1 aromatic heterocycles. The van der Waals surface area contributed by atoms with Crippen molar-refractivity contribution in [2.75, 3.05) is 4.72 Å². The molecular formula is C25H21FN2O4S. The van der Waals surface area contributed by atoms with Crippen molar-refractivity contribution in [3.8, 4) is 22.6 Å². The fourth-order valence-corrected chi connectivity index (χ4v) is 4.08. The Morgan fingerprint density at radius 1 is 1.00 bits per heavy atom. The second-order valence-corrected chi connectivity index (χ2v) is 9.19. The molecule has 0 saturated heterocycles. The van der Waals surface area contributed by atoms with Crippen molar-refractivity contribution in [2.45, 2.75) is 6.92 Å². The highest BCUT2D eigenvalue weighted by molar-refractivity contribution is 7.95. The van der Waals surface area contributed by atoms with Gasteiger partial charge in [-0.15, -0.1) is 0 Å². The molecule has 168 valence electrons. The van der Waals surface area contributed by atoms with Crippen LogP contribution in [0, 0.1) is 12.7 Å². The minimum Gasteiger partial charge on any atom is -0.454 e. The minimum atomic E-state index is -3.75. The van der Waals surface area contributed by atoms with Crippen molar-refractivity contribution in [3.63, 3.8) is 0 Å². The maximum Gasteiger partial charge on any atom is 0.258 e. The van der Waals surface area contributed by atoms with Crippen LogP contribution in [0.2, 0.25) is 0 Å². The molecule has 6 nitrogen and oxygen atoms in total. The van der Waals surface area contributed by atoms with Gasteiger partial charge in [-0.25, -0.2) is 12.8 Å². The summed E-state index contributed by atoms with van der Waals surface area (Å²) in [6.07, 6.45) is 1.64. The molecule has 0 fully saturated rings. The van der Waals surface area contributed by atoms with Gasteiger partial charge in [0.15, 0.2) is 11.6 Å². The maximum absolute atomic E-state index is 14.5. The number of ether oxygens (including phenoxy) is 1. The first kappa shape index (κ1) is 22.3. The average molecular weight is 465 g/mol. The number of pyridine rings is 1. The van der Waals surface area contributed by atoms with E-state index < -0.39 is 15.8 Å². The van der Waals surface area contributed by atoms with E-state index in [9.17, 15) is 17.6 Å². The SMILES string of the molecule is C=CS(=O)(=O)Nc1ccc(Oc2ccc(C)cc2F)c(-c2cn(C)c(=O)c3ccccc23)c1. The first-order valence-electron chi connectivity index (χ1n) is 10.0. The normalized spacial score (nSPS) is 11.4. The molecule has 4 aromatic rings. The number of hydrogen-bond donors (Lipinski definition) is 1. The average Bonchev–Trinajstić information content (AvgIpc) is 2.79. The highest BCUT2D eigenvalue weighted by Crippen LogP contribution is 2.39. The number of benzene rings is 3. The number of aryl methyl sites for hydroxylation is 2. The Hall–Kier alpha value is -3.91. The summed E-state index contributed by atoms with van der Waals surface area (Å²) in [7, 11) is -2.13. The van der Waals surface area contributed by atoms with Crippen LogP contribution in [0.5, 0.6) is 11.5 Å². The fraction of sp³-hybridized carbons (Fsp3) is 0.0800. The standard InChI is InChI=1S/C25H21FN2O4S/c1-4-33(30,31)27-17-10-12-23(32-24-11-9-16(2)13-22(24)26)20(14-17)21-15-28(3)25(29)19-8-6-5-7-18(19)21/h4-15,27H,1H2,2-3H3. The van der Waals surface area contributed by atoms with E-state index >= 15 is 0 Å². The third-order valence-electron chi connectivity index (χ3n) is 5.15. The molecule has 3 aromatic carbocycles. The number of halogens is 1. The Morgan fingerprint density at radius 3 is 2.39 bits per heavy atom. The molecule has 0 aliphatic heterocycles. The summed E-state index contributed by atoms with van der Waals surface area (Å²) in [4.78, 5) is 12.6. The molecule has 0 atom stereocenters. The molecule has 0 aliphatic rings. The van der Waals surface area contributed by atoms with Gasteiger partial charge >= 0.3 is 0 Å². The molecule has 0 aliphatic carbocycles. The zero-order chi connectivity index (χ0) is 23.8. The van der Waals surface area contributed by atoms with E-state index in [0.29, 0.717) is 27.6 Å². The number of nitrogens with zero attached hydrogens (tertiary/aromatic N) is 1.